The molecule has 0 aliphatic carbocycles. The molecule has 0 aliphatic heterocycles. The Labute approximate surface area is 205 Å². The lowest BCUT2D eigenvalue weighted by Gasteiger charge is -2.23. The number of nitrogen functional groups attached to an aromatic ring is 1. The van der Waals surface area contributed by atoms with E-state index in [1.54, 1.807) is 24.3 Å². The summed E-state index contributed by atoms with van der Waals surface area (Å²) in [4.78, 5) is 46.1. The zero-order valence-electron chi connectivity index (χ0n) is 19.7. The fourth-order valence-corrected chi connectivity index (χ4v) is 3.75. The summed E-state index contributed by atoms with van der Waals surface area (Å²) in [5, 5.41) is 0. The van der Waals surface area contributed by atoms with Gasteiger partial charge in [0.2, 0.25) is 5.91 Å². The van der Waals surface area contributed by atoms with Crippen LogP contribution < -0.4 is 21.9 Å². The number of furan rings is 1. The second-order valence-corrected chi connectivity index (χ2v) is 8.18. The number of anilines is 2. The molecule has 0 bridgehead atoms. The number of carbonyl (C=O) groups excluding carboxylic acids is 1. The molecule has 0 unspecified atom stereocenters. The van der Waals surface area contributed by atoms with E-state index in [0.717, 1.165) is 6.42 Å². The minimum absolute atomic E-state index is 0.0580. The van der Waals surface area contributed by atoms with Crippen LogP contribution in [0.15, 0.2) is 67.3 Å². The van der Waals surface area contributed by atoms with Crippen LogP contribution in [0.25, 0.3) is 11.3 Å². The van der Waals surface area contributed by atoms with Gasteiger partial charge in [-0.25, -0.2) is 14.2 Å². The number of aryl methyl sites for hydroxylation is 1. The summed E-state index contributed by atoms with van der Waals surface area (Å²) < 4.78 is 25.5. The quantitative estimate of drug-likeness (QED) is 0.343. The highest BCUT2D eigenvalue weighted by Gasteiger charge is 2.25. The molecule has 0 saturated carbocycles. The fraction of sp³-hybridized carbons (Fsp3) is 0.280. The molecule has 0 saturated heterocycles. The number of H-pyrrole nitrogens is 1. The van der Waals surface area contributed by atoms with Gasteiger partial charge in [-0.2, -0.15) is 0 Å². The third-order valence-electron chi connectivity index (χ3n) is 5.65. The van der Waals surface area contributed by atoms with E-state index in [-0.39, 0.29) is 36.7 Å². The number of amides is 1. The van der Waals surface area contributed by atoms with Gasteiger partial charge in [-0.15, -0.1) is 0 Å². The first-order chi connectivity index (χ1) is 17.4. The summed E-state index contributed by atoms with van der Waals surface area (Å²) in [7, 11) is 0. The first-order valence-corrected chi connectivity index (χ1v) is 11.5. The molecule has 10 nitrogen and oxygen atoms in total. The summed E-state index contributed by atoms with van der Waals surface area (Å²) in [5.41, 5.74) is 5.37. The van der Waals surface area contributed by atoms with Gasteiger partial charge in [0, 0.05) is 24.9 Å². The molecule has 0 spiro atoms. The van der Waals surface area contributed by atoms with E-state index in [0.29, 0.717) is 35.9 Å². The van der Waals surface area contributed by atoms with E-state index < -0.39 is 17.2 Å². The van der Waals surface area contributed by atoms with Gasteiger partial charge in [-0.1, -0.05) is 13.3 Å². The number of aromatic nitrogens is 3. The molecule has 0 fully saturated rings. The van der Waals surface area contributed by atoms with E-state index in [1.165, 1.54) is 34.1 Å². The molecule has 4 rings (SSSR count). The molecule has 1 aromatic carbocycles. The minimum atomic E-state index is -0.764. The zero-order valence-corrected chi connectivity index (χ0v) is 19.7. The van der Waals surface area contributed by atoms with Crippen molar-refractivity contribution in [3.63, 3.8) is 0 Å². The smallest absolute Gasteiger partial charge is 0.330 e. The van der Waals surface area contributed by atoms with Gasteiger partial charge < -0.3 is 14.6 Å². The van der Waals surface area contributed by atoms with Crippen LogP contribution in [-0.2, 0) is 24.3 Å². The lowest BCUT2D eigenvalue weighted by molar-refractivity contribution is -0.118. The van der Waals surface area contributed by atoms with Crippen molar-refractivity contribution in [3.05, 3.63) is 87.2 Å². The van der Waals surface area contributed by atoms with Crippen LogP contribution in [0.2, 0.25) is 0 Å². The largest absolute Gasteiger partial charge is 0.467 e. The highest BCUT2D eigenvalue weighted by Crippen LogP contribution is 2.24. The molecule has 0 aliphatic rings. The van der Waals surface area contributed by atoms with E-state index >= 15 is 0 Å². The fourth-order valence-electron chi connectivity index (χ4n) is 3.75. The van der Waals surface area contributed by atoms with E-state index in [1.807, 2.05) is 6.92 Å². The average Bonchev–Trinajstić information content (AvgIpc) is 3.54. The summed E-state index contributed by atoms with van der Waals surface area (Å²) in [6, 6.07) is 9.10. The van der Waals surface area contributed by atoms with Gasteiger partial charge in [0.15, 0.2) is 17.3 Å². The first-order valence-electron chi connectivity index (χ1n) is 11.5. The highest BCUT2D eigenvalue weighted by atomic mass is 19.1. The Morgan fingerprint density at radius 2 is 2.00 bits per heavy atom. The molecule has 3 aromatic heterocycles. The molecule has 0 radical (unpaired) electrons. The van der Waals surface area contributed by atoms with Crippen LogP contribution in [0.5, 0.6) is 0 Å². The van der Waals surface area contributed by atoms with Gasteiger partial charge in [-0.3, -0.25) is 24.0 Å². The number of unbranched alkanes of at least 4 members (excludes halogenated alkanes) is 1. The van der Waals surface area contributed by atoms with Crippen LogP contribution in [0.3, 0.4) is 0 Å². The summed E-state index contributed by atoms with van der Waals surface area (Å²) in [6.07, 6.45) is 4.52. The van der Waals surface area contributed by atoms with Gasteiger partial charge >= 0.3 is 5.69 Å². The Hall–Kier alpha value is -4.41. The van der Waals surface area contributed by atoms with Gasteiger partial charge in [-0.05, 0) is 42.8 Å². The highest BCUT2D eigenvalue weighted by molar-refractivity contribution is 5.95. The Morgan fingerprint density at radius 3 is 2.69 bits per heavy atom. The van der Waals surface area contributed by atoms with Crippen molar-refractivity contribution in [1.82, 2.24) is 14.5 Å². The minimum Gasteiger partial charge on any atom is -0.467 e. The Balaban J connectivity index is 1.59. The van der Waals surface area contributed by atoms with Crippen molar-refractivity contribution < 1.29 is 18.0 Å². The van der Waals surface area contributed by atoms with Crippen LogP contribution in [-0.4, -0.2) is 20.4 Å². The number of halogens is 1. The lowest BCUT2D eigenvalue weighted by atomic mass is 10.2. The lowest BCUT2D eigenvalue weighted by Crippen LogP contribution is -2.41. The molecule has 0 atom stereocenters. The van der Waals surface area contributed by atoms with E-state index in [4.69, 9.17) is 14.6 Å². The molecule has 3 N–H and O–H groups in total. The standard InChI is InChI=1S/C25H26FN5O5/c1-2-3-12-30-23(27)22(24(33)29-25(30)34)31(15-18-5-4-13-35-18)21(32)11-10-20-28-14-19(36-20)16-6-8-17(26)9-7-16/h4-9,13-14H,2-3,10-12,15,27H2,1H3,(H,29,33,34). The summed E-state index contributed by atoms with van der Waals surface area (Å²) in [5.74, 6) is 0.279. The predicted octanol–water partition coefficient (Wildman–Crippen LogP) is 3.47. The number of carbonyl (C=O) groups is 1. The van der Waals surface area contributed by atoms with Crippen LogP contribution in [0.1, 0.15) is 37.8 Å². The third-order valence-corrected chi connectivity index (χ3v) is 5.65. The number of nitrogens with zero attached hydrogens (tertiary/aromatic N) is 3. The number of nitrogens with two attached hydrogens (primary N) is 1. The second kappa shape index (κ2) is 10.9. The summed E-state index contributed by atoms with van der Waals surface area (Å²) >= 11 is 0. The van der Waals surface area contributed by atoms with Crippen LogP contribution in [0.4, 0.5) is 15.9 Å². The van der Waals surface area contributed by atoms with Gasteiger partial charge in [0.25, 0.3) is 5.56 Å². The van der Waals surface area contributed by atoms with Crippen molar-refractivity contribution in [1.29, 1.82) is 0 Å². The first kappa shape index (κ1) is 24.7. The van der Waals surface area contributed by atoms with Gasteiger partial charge in [0.1, 0.15) is 17.4 Å². The topological polar surface area (TPSA) is 140 Å². The van der Waals surface area contributed by atoms with Crippen molar-refractivity contribution >= 4 is 17.4 Å². The maximum atomic E-state index is 13.3. The average molecular weight is 496 g/mol. The Bertz CT molecular complexity index is 1440. The number of hydrogen-bond donors (Lipinski definition) is 2. The maximum Gasteiger partial charge on any atom is 0.330 e. The molecular formula is C25H26FN5O5. The number of benzene rings is 1. The van der Waals surface area contributed by atoms with Crippen molar-refractivity contribution in [2.75, 3.05) is 10.6 Å². The van der Waals surface area contributed by atoms with E-state index in [9.17, 15) is 18.8 Å². The number of nitrogens with one attached hydrogen (secondary N) is 1. The van der Waals surface area contributed by atoms with Crippen molar-refractivity contribution in [2.24, 2.45) is 0 Å². The number of oxazole rings is 1. The molecule has 3 heterocycles. The predicted molar refractivity (Wildman–Crippen MR) is 131 cm³/mol. The summed E-state index contributed by atoms with van der Waals surface area (Å²) in [6.45, 7) is 2.21. The monoisotopic (exact) mass is 495 g/mol. The SMILES string of the molecule is CCCCn1c(N)c(N(Cc2ccco2)C(=O)CCc2ncc(-c3ccc(F)cc3)o2)c(=O)[nH]c1=O. The molecule has 4 aromatic rings. The maximum absolute atomic E-state index is 13.3. The zero-order chi connectivity index (χ0) is 25.7. The van der Waals surface area contributed by atoms with Crippen LogP contribution >= 0.6 is 0 Å². The van der Waals surface area contributed by atoms with Crippen molar-refractivity contribution in [3.8, 4) is 11.3 Å². The van der Waals surface area contributed by atoms with E-state index in [2.05, 4.69) is 9.97 Å². The molecule has 36 heavy (non-hydrogen) atoms. The molecule has 188 valence electrons. The molecule has 1 amide bonds. The Morgan fingerprint density at radius 1 is 1.22 bits per heavy atom. The normalized spacial score (nSPS) is 11.1. The van der Waals surface area contributed by atoms with Crippen LogP contribution in [0, 0.1) is 5.82 Å². The number of hydrogen-bond acceptors (Lipinski definition) is 7. The second-order valence-electron chi connectivity index (χ2n) is 8.18. The molecule has 11 heteroatoms. The van der Waals surface area contributed by atoms with Crippen molar-refractivity contribution in [2.45, 2.75) is 45.7 Å². The van der Waals surface area contributed by atoms with Gasteiger partial charge in [0.05, 0.1) is 19.0 Å². The Kier molecular flexibility index (Phi) is 7.47. The molecular weight excluding hydrogens is 469 g/mol. The number of rotatable bonds is 10. The third kappa shape index (κ3) is 5.45. The number of aromatic amines is 1.